The number of carbonyl (C=O) groups excluding carboxylic acids is 1. The van der Waals surface area contributed by atoms with Gasteiger partial charge in [-0.15, -0.1) is 0 Å². The summed E-state index contributed by atoms with van der Waals surface area (Å²) in [5.41, 5.74) is 2.60. The van der Waals surface area contributed by atoms with Gasteiger partial charge in [0, 0.05) is 12.6 Å². The lowest BCUT2D eigenvalue weighted by Crippen LogP contribution is -2.39. The molecule has 5 nitrogen and oxygen atoms in total. The summed E-state index contributed by atoms with van der Waals surface area (Å²) in [5.74, 6) is 5.40. The highest BCUT2D eigenvalue weighted by Gasteiger charge is 2.21. The molecule has 104 valence electrons. The van der Waals surface area contributed by atoms with Crippen LogP contribution in [-0.2, 0) is 0 Å². The number of ether oxygens (including phenoxy) is 1. The van der Waals surface area contributed by atoms with Gasteiger partial charge in [0.15, 0.2) is 0 Å². The topological polar surface area (TPSA) is 67.6 Å². The molecule has 0 atom stereocenters. The van der Waals surface area contributed by atoms with Crippen LogP contribution in [0.4, 0.5) is 0 Å². The summed E-state index contributed by atoms with van der Waals surface area (Å²) >= 11 is 0. The zero-order valence-corrected chi connectivity index (χ0v) is 11.3. The summed E-state index contributed by atoms with van der Waals surface area (Å²) in [7, 11) is 2.12. The van der Waals surface area contributed by atoms with E-state index in [4.69, 9.17) is 10.6 Å². The number of amides is 1. The van der Waals surface area contributed by atoms with Gasteiger partial charge in [0.2, 0.25) is 0 Å². The zero-order chi connectivity index (χ0) is 13.7. The molecular formula is C14H21N3O2. The molecule has 0 saturated heterocycles. The van der Waals surface area contributed by atoms with E-state index in [-0.39, 0.29) is 5.91 Å². The van der Waals surface area contributed by atoms with Crippen molar-refractivity contribution in [3.05, 3.63) is 29.8 Å². The number of para-hydroxylation sites is 1. The summed E-state index contributed by atoms with van der Waals surface area (Å²) in [6.07, 6.45) is 3.89. The molecule has 1 aromatic carbocycles. The minimum atomic E-state index is -0.331. The van der Waals surface area contributed by atoms with Crippen molar-refractivity contribution in [2.75, 3.05) is 20.2 Å². The Kier molecular flexibility index (Phi) is 4.76. The number of hydrogen-bond donors (Lipinski definition) is 2. The minimum Gasteiger partial charge on any atom is -0.491 e. The Hall–Kier alpha value is -1.59. The van der Waals surface area contributed by atoms with Gasteiger partial charge in [-0.25, -0.2) is 5.84 Å². The smallest absolute Gasteiger partial charge is 0.268 e. The average molecular weight is 263 g/mol. The summed E-state index contributed by atoms with van der Waals surface area (Å²) in [6, 6.07) is 7.82. The van der Waals surface area contributed by atoms with E-state index in [1.54, 1.807) is 18.2 Å². The molecule has 0 radical (unpaired) electrons. The molecule has 1 aliphatic rings. The van der Waals surface area contributed by atoms with E-state index in [9.17, 15) is 4.79 Å². The number of nitrogens with one attached hydrogen (secondary N) is 1. The Morgan fingerprint density at radius 2 is 2.21 bits per heavy atom. The van der Waals surface area contributed by atoms with Crippen molar-refractivity contribution >= 4 is 5.91 Å². The summed E-state index contributed by atoms with van der Waals surface area (Å²) < 4.78 is 5.69. The van der Waals surface area contributed by atoms with Gasteiger partial charge in [0.05, 0.1) is 5.56 Å². The SMILES string of the molecule is CN(CCOc1ccccc1C(=O)NN)C1CCC1. The lowest BCUT2D eigenvalue weighted by Gasteiger charge is -2.34. The second kappa shape index (κ2) is 6.54. The second-order valence-corrected chi connectivity index (χ2v) is 4.88. The first-order valence-corrected chi connectivity index (χ1v) is 6.65. The van der Waals surface area contributed by atoms with E-state index in [1.165, 1.54) is 19.3 Å². The molecule has 3 N–H and O–H groups in total. The third kappa shape index (κ3) is 3.45. The Balaban J connectivity index is 1.86. The summed E-state index contributed by atoms with van der Waals surface area (Å²) in [4.78, 5) is 13.9. The van der Waals surface area contributed by atoms with Gasteiger partial charge in [-0.2, -0.15) is 0 Å². The van der Waals surface area contributed by atoms with Crippen LogP contribution in [-0.4, -0.2) is 37.0 Å². The van der Waals surface area contributed by atoms with Crippen molar-refractivity contribution in [2.24, 2.45) is 5.84 Å². The second-order valence-electron chi connectivity index (χ2n) is 4.88. The number of benzene rings is 1. The molecule has 2 rings (SSSR count). The van der Waals surface area contributed by atoms with Gasteiger partial charge in [-0.05, 0) is 32.0 Å². The van der Waals surface area contributed by atoms with Crippen LogP contribution in [0.3, 0.4) is 0 Å². The molecular weight excluding hydrogens is 242 g/mol. The van der Waals surface area contributed by atoms with Gasteiger partial charge in [0.25, 0.3) is 5.91 Å². The standard InChI is InChI=1S/C14H21N3O2/c1-17(11-5-4-6-11)9-10-19-13-8-3-2-7-12(13)14(18)16-15/h2-3,7-8,11H,4-6,9-10,15H2,1H3,(H,16,18). The van der Waals surface area contributed by atoms with Crippen LogP contribution in [0.1, 0.15) is 29.6 Å². The van der Waals surface area contributed by atoms with E-state index in [2.05, 4.69) is 17.4 Å². The highest BCUT2D eigenvalue weighted by molar-refractivity contribution is 5.96. The first-order valence-electron chi connectivity index (χ1n) is 6.65. The Labute approximate surface area is 113 Å². The van der Waals surface area contributed by atoms with Gasteiger partial charge in [0.1, 0.15) is 12.4 Å². The molecule has 5 heteroatoms. The molecule has 19 heavy (non-hydrogen) atoms. The number of carbonyl (C=O) groups is 1. The van der Waals surface area contributed by atoms with Crippen molar-refractivity contribution in [1.29, 1.82) is 0 Å². The first kappa shape index (κ1) is 13.8. The summed E-state index contributed by atoms with van der Waals surface area (Å²) in [6.45, 7) is 1.44. The fourth-order valence-electron chi connectivity index (χ4n) is 2.17. The normalized spacial score (nSPS) is 15.1. The molecule has 0 aliphatic heterocycles. The van der Waals surface area contributed by atoms with Gasteiger partial charge in [-0.3, -0.25) is 10.2 Å². The van der Waals surface area contributed by atoms with Crippen molar-refractivity contribution in [1.82, 2.24) is 10.3 Å². The number of nitrogen functional groups attached to an aromatic ring is 1. The highest BCUT2D eigenvalue weighted by Crippen LogP contribution is 2.23. The van der Waals surface area contributed by atoms with E-state index in [0.29, 0.717) is 24.0 Å². The number of hydrogen-bond acceptors (Lipinski definition) is 4. The van der Waals surface area contributed by atoms with Crippen LogP contribution in [0.25, 0.3) is 0 Å². The maximum atomic E-state index is 11.6. The number of nitrogens with two attached hydrogens (primary N) is 1. The number of hydrazine groups is 1. The van der Waals surface area contributed by atoms with E-state index < -0.39 is 0 Å². The molecule has 1 saturated carbocycles. The monoisotopic (exact) mass is 263 g/mol. The largest absolute Gasteiger partial charge is 0.491 e. The van der Waals surface area contributed by atoms with E-state index in [1.807, 2.05) is 6.07 Å². The fourth-order valence-corrected chi connectivity index (χ4v) is 2.17. The Morgan fingerprint density at radius 3 is 2.84 bits per heavy atom. The van der Waals surface area contributed by atoms with Crippen molar-refractivity contribution in [2.45, 2.75) is 25.3 Å². The molecule has 0 heterocycles. The number of likely N-dealkylation sites (N-methyl/N-ethyl adjacent to an activating group) is 1. The molecule has 1 aromatic rings. The maximum Gasteiger partial charge on any atom is 0.268 e. The quantitative estimate of drug-likeness (QED) is 0.459. The minimum absolute atomic E-state index is 0.331. The average Bonchev–Trinajstić information content (AvgIpc) is 2.36. The number of rotatable bonds is 6. The van der Waals surface area contributed by atoms with Crippen LogP contribution in [0.15, 0.2) is 24.3 Å². The Morgan fingerprint density at radius 1 is 1.47 bits per heavy atom. The lowest BCUT2D eigenvalue weighted by molar-refractivity contribution is 0.0947. The molecule has 1 fully saturated rings. The third-order valence-electron chi connectivity index (χ3n) is 3.66. The number of nitrogens with zero attached hydrogens (tertiary/aromatic N) is 1. The predicted molar refractivity (Wildman–Crippen MR) is 73.9 cm³/mol. The Bertz CT molecular complexity index is 432. The van der Waals surface area contributed by atoms with Crippen molar-refractivity contribution in [3.63, 3.8) is 0 Å². The maximum absolute atomic E-state index is 11.6. The highest BCUT2D eigenvalue weighted by atomic mass is 16.5. The van der Waals surface area contributed by atoms with Gasteiger partial charge < -0.3 is 9.64 Å². The molecule has 1 aliphatic carbocycles. The van der Waals surface area contributed by atoms with Crippen LogP contribution in [0.5, 0.6) is 5.75 Å². The summed E-state index contributed by atoms with van der Waals surface area (Å²) in [5, 5.41) is 0. The van der Waals surface area contributed by atoms with Crippen LogP contribution < -0.4 is 16.0 Å². The lowest BCUT2D eigenvalue weighted by atomic mass is 9.92. The van der Waals surface area contributed by atoms with Crippen LogP contribution in [0, 0.1) is 0 Å². The van der Waals surface area contributed by atoms with Crippen molar-refractivity contribution in [3.8, 4) is 5.75 Å². The first-order chi connectivity index (χ1) is 9.22. The van der Waals surface area contributed by atoms with Crippen LogP contribution in [0.2, 0.25) is 0 Å². The van der Waals surface area contributed by atoms with E-state index >= 15 is 0 Å². The predicted octanol–water partition coefficient (Wildman–Crippen LogP) is 1.15. The molecule has 0 bridgehead atoms. The van der Waals surface area contributed by atoms with Crippen molar-refractivity contribution < 1.29 is 9.53 Å². The fraction of sp³-hybridized carbons (Fsp3) is 0.500. The third-order valence-corrected chi connectivity index (χ3v) is 3.66. The van der Waals surface area contributed by atoms with Crippen LogP contribution >= 0.6 is 0 Å². The zero-order valence-electron chi connectivity index (χ0n) is 11.3. The molecule has 0 unspecified atom stereocenters. The van der Waals surface area contributed by atoms with Gasteiger partial charge >= 0.3 is 0 Å². The molecule has 1 amide bonds. The van der Waals surface area contributed by atoms with E-state index in [0.717, 1.165) is 6.54 Å². The molecule has 0 aromatic heterocycles. The molecule has 0 spiro atoms. The van der Waals surface area contributed by atoms with Gasteiger partial charge in [-0.1, -0.05) is 18.6 Å².